The van der Waals surface area contributed by atoms with Crippen LogP contribution in [0.25, 0.3) is 55.9 Å². The Bertz CT molecular complexity index is 2790. The molecule has 10 rings (SSSR count). The summed E-state index contributed by atoms with van der Waals surface area (Å²) in [7, 11) is 0. The summed E-state index contributed by atoms with van der Waals surface area (Å²) >= 11 is 0. The second-order valence-corrected chi connectivity index (χ2v) is 15.7. The van der Waals surface area contributed by atoms with E-state index in [2.05, 4.69) is 173 Å². The first-order chi connectivity index (χ1) is 27.9. The highest BCUT2D eigenvalue weighted by Crippen LogP contribution is 2.44. The standard InChI is InChI=1S/C52H41BN2O2/c1-32(2)42-31-43(33(3)4)52-50-51(42)56-48-21-19-38(46-29-36(23-25-54-46)34-13-7-5-8-14-34)27-44(48)53(50)45-28-39(20-22-49(45)57-52)47-30-37(24-26-55-47)41-18-12-11-17-40(41)35-15-9-6-10-16-35/h5-33H,1-4H3. The lowest BCUT2D eigenvalue weighted by molar-refractivity contribution is 0.452. The number of pyridine rings is 2. The molecule has 0 saturated carbocycles. The summed E-state index contributed by atoms with van der Waals surface area (Å²) in [5.74, 6) is 4.05. The lowest BCUT2D eigenvalue weighted by Crippen LogP contribution is -2.58. The third kappa shape index (κ3) is 6.11. The molecule has 0 bridgehead atoms. The van der Waals surface area contributed by atoms with Gasteiger partial charge in [0, 0.05) is 17.9 Å². The number of ether oxygens (including phenoxy) is 2. The lowest BCUT2D eigenvalue weighted by atomic mass is 9.34. The molecule has 274 valence electrons. The maximum Gasteiger partial charge on any atom is 0.260 e. The number of fused-ring (bicyclic) bond motifs is 4. The number of aromatic nitrogens is 2. The van der Waals surface area contributed by atoms with Crippen LogP contribution in [0.15, 0.2) is 164 Å². The van der Waals surface area contributed by atoms with Crippen LogP contribution in [0.4, 0.5) is 0 Å². The van der Waals surface area contributed by atoms with Gasteiger partial charge in [0.2, 0.25) is 0 Å². The van der Waals surface area contributed by atoms with Gasteiger partial charge in [0.05, 0.1) is 11.4 Å². The first kappa shape index (κ1) is 34.8. The molecular formula is C52H41BN2O2. The zero-order valence-corrected chi connectivity index (χ0v) is 32.5. The van der Waals surface area contributed by atoms with Crippen molar-refractivity contribution in [2.75, 3.05) is 0 Å². The molecule has 2 aromatic heterocycles. The molecule has 2 aliphatic rings. The Labute approximate surface area is 334 Å². The fraction of sp³-hybridized carbons (Fsp3) is 0.115. The van der Waals surface area contributed by atoms with Gasteiger partial charge in [0.15, 0.2) is 0 Å². The van der Waals surface area contributed by atoms with Crippen LogP contribution in [0.3, 0.4) is 0 Å². The fourth-order valence-electron chi connectivity index (χ4n) is 8.57. The lowest BCUT2D eigenvalue weighted by Gasteiger charge is -2.36. The van der Waals surface area contributed by atoms with E-state index in [0.29, 0.717) is 0 Å². The molecule has 57 heavy (non-hydrogen) atoms. The molecule has 0 atom stereocenters. The Kier molecular flexibility index (Phi) is 8.59. The molecule has 6 aromatic carbocycles. The molecule has 5 heteroatoms. The number of nitrogens with zero attached hydrogens (tertiary/aromatic N) is 2. The summed E-state index contributed by atoms with van der Waals surface area (Å²) < 4.78 is 13.9. The van der Waals surface area contributed by atoms with Crippen LogP contribution in [-0.4, -0.2) is 16.7 Å². The van der Waals surface area contributed by atoms with Crippen LogP contribution in [0.5, 0.6) is 23.0 Å². The molecule has 2 aliphatic heterocycles. The second-order valence-electron chi connectivity index (χ2n) is 15.7. The highest BCUT2D eigenvalue weighted by atomic mass is 16.5. The first-order valence-electron chi connectivity index (χ1n) is 19.9. The Balaban J connectivity index is 1.14. The molecule has 8 aromatic rings. The summed E-state index contributed by atoms with van der Waals surface area (Å²) in [5, 5.41) is 0. The van der Waals surface area contributed by atoms with Crippen molar-refractivity contribution in [1.82, 2.24) is 9.97 Å². The van der Waals surface area contributed by atoms with E-state index in [-0.39, 0.29) is 18.5 Å². The topological polar surface area (TPSA) is 44.2 Å². The largest absolute Gasteiger partial charge is 0.458 e. The van der Waals surface area contributed by atoms with Gasteiger partial charge in [-0.2, -0.15) is 0 Å². The molecule has 0 unspecified atom stereocenters. The summed E-state index contributed by atoms with van der Waals surface area (Å²) in [4.78, 5) is 9.81. The van der Waals surface area contributed by atoms with Crippen LogP contribution in [-0.2, 0) is 0 Å². The zero-order chi connectivity index (χ0) is 38.6. The van der Waals surface area contributed by atoms with Crippen molar-refractivity contribution >= 4 is 23.1 Å². The molecule has 0 fully saturated rings. The van der Waals surface area contributed by atoms with Crippen molar-refractivity contribution in [3.05, 3.63) is 175 Å². The van der Waals surface area contributed by atoms with Crippen molar-refractivity contribution in [2.45, 2.75) is 39.5 Å². The van der Waals surface area contributed by atoms with Crippen molar-refractivity contribution < 1.29 is 9.47 Å². The monoisotopic (exact) mass is 736 g/mol. The Morgan fingerprint density at radius 1 is 0.421 bits per heavy atom. The van der Waals surface area contributed by atoms with Crippen LogP contribution < -0.4 is 25.9 Å². The van der Waals surface area contributed by atoms with Gasteiger partial charge in [-0.05, 0) is 133 Å². The van der Waals surface area contributed by atoms with E-state index in [1.807, 2.05) is 18.5 Å². The highest BCUT2D eigenvalue weighted by Gasteiger charge is 2.43. The summed E-state index contributed by atoms with van der Waals surface area (Å²) in [6, 6.07) is 53.6. The van der Waals surface area contributed by atoms with Gasteiger partial charge in [-0.1, -0.05) is 125 Å². The Morgan fingerprint density at radius 2 is 0.895 bits per heavy atom. The van der Waals surface area contributed by atoms with Crippen molar-refractivity contribution in [3.63, 3.8) is 0 Å². The average Bonchev–Trinajstić information content (AvgIpc) is 3.26. The number of hydrogen-bond acceptors (Lipinski definition) is 4. The number of benzene rings is 6. The highest BCUT2D eigenvalue weighted by molar-refractivity contribution is 6.98. The molecule has 4 nitrogen and oxygen atoms in total. The van der Waals surface area contributed by atoms with E-state index in [1.165, 1.54) is 27.8 Å². The minimum atomic E-state index is -0.127. The van der Waals surface area contributed by atoms with E-state index < -0.39 is 0 Å². The molecule has 4 heterocycles. The summed E-state index contributed by atoms with van der Waals surface area (Å²) in [6.45, 7) is 8.85. The van der Waals surface area contributed by atoms with Crippen LogP contribution >= 0.6 is 0 Å². The number of hydrogen-bond donors (Lipinski definition) is 0. The van der Waals surface area contributed by atoms with Crippen molar-refractivity contribution in [3.8, 4) is 78.9 Å². The van der Waals surface area contributed by atoms with Crippen LogP contribution in [0.1, 0.15) is 50.7 Å². The Hall–Kier alpha value is -6.72. The van der Waals surface area contributed by atoms with E-state index in [1.54, 1.807) is 0 Å². The van der Waals surface area contributed by atoms with Gasteiger partial charge in [-0.3, -0.25) is 9.97 Å². The summed E-state index contributed by atoms with van der Waals surface area (Å²) in [5.41, 5.74) is 16.6. The first-order valence-corrected chi connectivity index (χ1v) is 19.9. The quantitative estimate of drug-likeness (QED) is 0.153. The van der Waals surface area contributed by atoms with Gasteiger partial charge in [0.1, 0.15) is 23.0 Å². The van der Waals surface area contributed by atoms with Gasteiger partial charge in [-0.15, -0.1) is 0 Å². The van der Waals surface area contributed by atoms with Crippen LogP contribution in [0.2, 0.25) is 0 Å². The average molecular weight is 737 g/mol. The van der Waals surface area contributed by atoms with E-state index in [4.69, 9.17) is 19.4 Å². The third-order valence-corrected chi connectivity index (χ3v) is 11.5. The van der Waals surface area contributed by atoms with Crippen LogP contribution in [0, 0.1) is 0 Å². The fourth-order valence-corrected chi connectivity index (χ4v) is 8.57. The SMILES string of the molecule is CC(C)c1cc(C(C)C)c2c3c1Oc1ccc(-c4cc(-c5ccccc5)ccn4)cc1B3c1cc(-c3cc(-c4ccccc4-c4ccccc4)ccn3)ccc1O2. The zero-order valence-electron chi connectivity index (χ0n) is 32.5. The predicted molar refractivity (Wildman–Crippen MR) is 235 cm³/mol. The predicted octanol–water partition coefficient (Wildman–Crippen LogP) is 11.8. The molecule has 0 aliphatic carbocycles. The Morgan fingerprint density at radius 3 is 1.44 bits per heavy atom. The van der Waals surface area contributed by atoms with E-state index in [9.17, 15) is 0 Å². The van der Waals surface area contributed by atoms with Gasteiger partial charge >= 0.3 is 0 Å². The van der Waals surface area contributed by atoms with E-state index >= 15 is 0 Å². The van der Waals surface area contributed by atoms with Gasteiger partial charge < -0.3 is 9.47 Å². The molecule has 0 amide bonds. The molecule has 0 N–H and O–H groups in total. The summed E-state index contributed by atoms with van der Waals surface area (Å²) in [6.07, 6.45) is 3.83. The van der Waals surface area contributed by atoms with Gasteiger partial charge in [0.25, 0.3) is 6.71 Å². The third-order valence-electron chi connectivity index (χ3n) is 11.5. The van der Waals surface area contributed by atoms with Crippen molar-refractivity contribution in [1.29, 1.82) is 0 Å². The maximum absolute atomic E-state index is 6.98. The normalized spacial score (nSPS) is 12.4. The molecule has 0 radical (unpaired) electrons. The van der Waals surface area contributed by atoms with E-state index in [0.717, 1.165) is 78.6 Å². The second kappa shape index (κ2) is 14.1. The minimum absolute atomic E-state index is 0.127. The number of rotatable bonds is 7. The smallest absolute Gasteiger partial charge is 0.260 e. The molecular weight excluding hydrogens is 695 g/mol. The van der Waals surface area contributed by atoms with Gasteiger partial charge in [-0.25, -0.2) is 0 Å². The minimum Gasteiger partial charge on any atom is -0.458 e. The van der Waals surface area contributed by atoms with Crippen molar-refractivity contribution in [2.24, 2.45) is 0 Å². The molecule has 0 saturated heterocycles. The maximum atomic E-state index is 6.98. The molecule has 0 spiro atoms.